The molecule has 0 saturated carbocycles. The Morgan fingerprint density at radius 1 is 1.16 bits per heavy atom. The molecular weight excluding hydrogens is 406 g/mol. The van der Waals surface area contributed by atoms with Crippen LogP contribution in [-0.4, -0.2) is 59.9 Å². The second kappa shape index (κ2) is 10.00. The number of carbonyl (C=O) groups is 2. The largest absolute Gasteiger partial charge is 0.497 e. The van der Waals surface area contributed by atoms with Gasteiger partial charge in [0.2, 0.25) is 5.91 Å². The fraction of sp³-hybridized carbons (Fsp3) is 0.292. The van der Waals surface area contributed by atoms with Crippen molar-refractivity contribution in [3.05, 3.63) is 66.4 Å². The van der Waals surface area contributed by atoms with Gasteiger partial charge in [0.15, 0.2) is 0 Å². The number of aromatic nitrogens is 2. The van der Waals surface area contributed by atoms with E-state index in [1.807, 2.05) is 65.3 Å². The molecule has 2 heterocycles. The van der Waals surface area contributed by atoms with Gasteiger partial charge in [0, 0.05) is 44.6 Å². The summed E-state index contributed by atoms with van der Waals surface area (Å²) in [6.07, 6.45) is 0.860. The minimum Gasteiger partial charge on any atom is -0.497 e. The van der Waals surface area contributed by atoms with Gasteiger partial charge in [-0.25, -0.2) is 9.48 Å². The van der Waals surface area contributed by atoms with Crippen molar-refractivity contribution < 1.29 is 14.3 Å². The fourth-order valence-electron chi connectivity index (χ4n) is 3.67. The molecule has 166 valence electrons. The normalized spacial score (nSPS) is 13.2. The summed E-state index contributed by atoms with van der Waals surface area (Å²) >= 11 is 0. The van der Waals surface area contributed by atoms with E-state index in [-0.39, 0.29) is 11.9 Å². The molecule has 0 radical (unpaired) electrons. The highest BCUT2D eigenvalue weighted by molar-refractivity contribution is 5.77. The summed E-state index contributed by atoms with van der Waals surface area (Å²) in [6, 6.07) is 19.7. The van der Waals surface area contributed by atoms with Gasteiger partial charge in [-0.2, -0.15) is 5.10 Å². The highest BCUT2D eigenvalue weighted by Gasteiger charge is 2.19. The summed E-state index contributed by atoms with van der Waals surface area (Å²) in [5.74, 6) is 0.732. The van der Waals surface area contributed by atoms with Crippen molar-refractivity contribution in [1.29, 1.82) is 0 Å². The van der Waals surface area contributed by atoms with Gasteiger partial charge in [0.05, 0.1) is 24.2 Å². The second-order valence-electron chi connectivity index (χ2n) is 7.57. The van der Waals surface area contributed by atoms with Crippen molar-refractivity contribution in [2.75, 3.05) is 33.3 Å². The first-order chi connectivity index (χ1) is 15.6. The lowest BCUT2D eigenvalue weighted by atomic mass is 10.1. The fourth-order valence-corrected chi connectivity index (χ4v) is 3.67. The molecule has 4 rings (SSSR count). The first-order valence-corrected chi connectivity index (χ1v) is 10.7. The average Bonchev–Trinajstić information content (AvgIpc) is 3.45. The lowest BCUT2D eigenvalue weighted by Crippen LogP contribution is -2.36. The van der Waals surface area contributed by atoms with Crippen LogP contribution in [0.2, 0.25) is 0 Å². The molecule has 1 saturated heterocycles. The maximum atomic E-state index is 12.3. The monoisotopic (exact) mass is 433 g/mol. The molecule has 2 N–H and O–H groups in total. The predicted octanol–water partition coefficient (Wildman–Crippen LogP) is 2.62. The van der Waals surface area contributed by atoms with E-state index in [1.165, 1.54) is 0 Å². The van der Waals surface area contributed by atoms with Gasteiger partial charge >= 0.3 is 6.03 Å². The molecule has 1 aliphatic rings. The SMILES string of the molecule is COc1ccc(-n2nc(CCC(=O)NCCN3CCNC3=O)cc2-c2ccccc2)cc1. The summed E-state index contributed by atoms with van der Waals surface area (Å²) in [7, 11) is 1.64. The van der Waals surface area contributed by atoms with Crippen LogP contribution in [0.3, 0.4) is 0 Å². The maximum Gasteiger partial charge on any atom is 0.317 e. The number of hydrogen-bond acceptors (Lipinski definition) is 4. The Kier molecular flexibility index (Phi) is 6.69. The third kappa shape index (κ3) is 5.08. The van der Waals surface area contributed by atoms with E-state index in [4.69, 9.17) is 9.84 Å². The Morgan fingerprint density at radius 2 is 1.94 bits per heavy atom. The van der Waals surface area contributed by atoms with Crippen LogP contribution in [0.1, 0.15) is 12.1 Å². The molecule has 1 fully saturated rings. The topological polar surface area (TPSA) is 88.5 Å². The Bertz CT molecular complexity index is 1060. The van der Waals surface area contributed by atoms with Crippen LogP contribution in [0.25, 0.3) is 16.9 Å². The number of hydrogen-bond donors (Lipinski definition) is 2. The summed E-state index contributed by atoms with van der Waals surface area (Å²) in [5.41, 5.74) is 3.78. The number of methoxy groups -OCH3 is 1. The minimum atomic E-state index is -0.0724. The van der Waals surface area contributed by atoms with Crippen molar-refractivity contribution in [3.63, 3.8) is 0 Å². The number of aryl methyl sites for hydroxylation is 1. The van der Waals surface area contributed by atoms with Crippen molar-refractivity contribution in [3.8, 4) is 22.7 Å². The molecule has 1 aromatic heterocycles. The number of ether oxygens (including phenoxy) is 1. The molecule has 8 heteroatoms. The van der Waals surface area contributed by atoms with Gasteiger partial charge in [-0.1, -0.05) is 30.3 Å². The number of rotatable bonds is 9. The Hall–Kier alpha value is -3.81. The highest BCUT2D eigenvalue weighted by atomic mass is 16.5. The Balaban J connectivity index is 1.42. The number of amides is 3. The molecule has 32 heavy (non-hydrogen) atoms. The smallest absolute Gasteiger partial charge is 0.317 e. The third-order valence-corrected chi connectivity index (χ3v) is 5.40. The summed E-state index contributed by atoms with van der Waals surface area (Å²) in [4.78, 5) is 25.5. The van der Waals surface area contributed by atoms with E-state index in [9.17, 15) is 9.59 Å². The Morgan fingerprint density at radius 3 is 2.62 bits per heavy atom. The van der Waals surface area contributed by atoms with Gasteiger partial charge in [-0.15, -0.1) is 0 Å². The van der Waals surface area contributed by atoms with E-state index in [1.54, 1.807) is 12.0 Å². The van der Waals surface area contributed by atoms with Crippen LogP contribution < -0.4 is 15.4 Å². The van der Waals surface area contributed by atoms with Crippen LogP contribution in [0.5, 0.6) is 5.75 Å². The molecule has 0 bridgehead atoms. The van der Waals surface area contributed by atoms with Gasteiger partial charge in [0.1, 0.15) is 5.75 Å². The highest BCUT2D eigenvalue weighted by Crippen LogP contribution is 2.25. The number of carbonyl (C=O) groups excluding carboxylic acids is 2. The number of benzene rings is 2. The summed E-state index contributed by atoms with van der Waals surface area (Å²) in [6.45, 7) is 2.30. The quantitative estimate of drug-likeness (QED) is 0.543. The van der Waals surface area contributed by atoms with Gasteiger partial charge in [-0.3, -0.25) is 4.79 Å². The number of nitrogens with zero attached hydrogens (tertiary/aromatic N) is 3. The van der Waals surface area contributed by atoms with Crippen LogP contribution in [-0.2, 0) is 11.2 Å². The molecule has 3 aromatic rings. The molecule has 1 aliphatic heterocycles. The van der Waals surface area contributed by atoms with Crippen molar-refractivity contribution >= 4 is 11.9 Å². The van der Waals surface area contributed by atoms with Crippen molar-refractivity contribution in [2.24, 2.45) is 0 Å². The van der Waals surface area contributed by atoms with E-state index in [0.717, 1.165) is 28.4 Å². The first-order valence-electron chi connectivity index (χ1n) is 10.7. The third-order valence-electron chi connectivity index (χ3n) is 5.40. The lowest BCUT2D eigenvalue weighted by molar-refractivity contribution is -0.121. The standard InChI is InChI=1S/C24H27N5O3/c1-32-21-10-8-20(9-11-21)29-22(18-5-3-2-4-6-18)17-19(27-29)7-12-23(30)25-13-15-28-16-14-26-24(28)31/h2-6,8-11,17H,7,12-16H2,1H3,(H,25,30)(H,26,31). The summed E-state index contributed by atoms with van der Waals surface area (Å²) in [5, 5.41) is 10.4. The molecular formula is C24H27N5O3. The zero-order chi connectivity index (χ0) is 22.3. The minimum absolute atomic E-state index is 0.0511. The van der Waals surface area contributed by atoms with Crippen LogP contribution in [0, 0.1) is 0 Å². The molecule has 8 nitrogen and oxygen atoms in total. The van der Waals surface area contributed by atoms with E-state index in [2.05, 4.69) is 10.6 Å². The van der Waals surface area contributed by atoms with E-state index in [0.29, 0.717) is 39.0 Å². The van der Waals surface area contributed by atoms with Gasteiger partial charge < -0.3 is 20.3 Å². The summed E-state index contributed by atoms with van der Waals surface area (Å²) < 4.78 is 7.16. The molecule has 3 amide bonds. The van der Waals surface area contributed by atoms with E-state index < -0.39 is 0 Å². The molecule has 0 atom stereocenters. The average molecular weight is 434 g/mol. The van der Waals surface area contributed by atoms with Gasteiger partial charge in [-0.05, 0) is 30.3 Å². The van der Waals surface area contributed by atoms with Crippen molar-refractivity contribution in [1.82, 2.24) is 25.3 Å². The molecule has 0 spiro atoms. The molecule has 0 unspecified atom stereocenters. The maximum absolute atomic E-state index is 12.3. The zero-order valence-corrected chi connectivity index (χ0v) is 18.1. The van der Waals surface area contributed by atoms with Crippen molar-refractivity contribution in [2.45, 2.75) is 12.8 Å². The van der Waals surface area contributed by atoms with Crippen LogP contribution in [0.4, 0.5) is 4.79 Å². The predicted molar refractivity (Wildman–Crippen MR) is 122 cm³/mol. The van der Waals surface area contributed by atoms with Gasteiger partial charge in [0.25, 0.3) is 0 Å². The second-order valence-corrected chi connectivity index (χ2v) is 7.57. The van der Waals surface area contributed by atoms with Crippen LogP contribution >= 0.6 is 0 Å². The molecule has 2 aromatic carbocycles. The Labute approximate surface area is 187 Å². The van der Waals surface area contributed by atoms with Crippen LogP contribution in [0.15, 0.2) is 60.7 Å². The number of urea groups is 1. The first kappa shape index (κ1) is 21.4. The lowest BCUT2D eigenvalue weighted by Gasteiger charge is -2.14. The zero-order valence-electron chi connectivity index (χ0n) is 18.1. The van der Waals surface area contributed by atoms with E-state index >= 15 is 0 Å². The number of nitrogens with one attached hydrogen (secondary N) is 2. The molecule has 0 aliphatic carbocycles.